The van der Waals surface area contributed by atoms with E-state index in [1.165, 1.54) is 0 Å². The quantitative estimate of drug-likeness (QED) is 0.771. The molecular formula is C20H18ClN3O4. The van der Waals surface area contributed by atoms with Gasteiger partial charge in [-0.25, -0.2) is 4.79 Å². The second-order valence-electron chi connectivity index (χ2n) is 6.70. The van der Waals surface area contributed by atoms with Crippen LogP contribution in [0.5, 0.6) is 0 Å². The topological polar surface area (TPSA) is 87.7 Å². The van der Waals surface area contributed by atoms with E-state index in [1.807, 2.05) is 0 Å². The van der Waals surface area contributed by atoms with Gasteiger partial charge in [-0.1, -0.05) is 11.6 Å². The molecule has 8 heteroatoms. The average molecular weight is 400 g/mol. The summed E-state index contributed by atoms with van der Waals surface area (Å²) in [5, 5.41) is 6.03. The van der Waals surface area contributed by atoms with Crippen LogP contribution in [0.2, 0.25) is 5.02 Å². The zero-order valence-electron chi connectivity index (χ0n) is 14.9. The molecule has 2 aliphatic rings. The normalized spacial score (nSPS) is 17.4. The van der Waals surface area contributed by atoms with Gasteiger partial charge in [0.1, 0.15) is 6.04 Å². The highest BCUT2D eigenvalue weighted by Gasteiger charge is 2.36. The Morgan fingerprint density at radius 2 is 2.00 bits per heavy atom. The van der Waals surface area contributed by atoms with E-state index in [0.717, 1.165) is 25.1 Å². The van der Waals surface area contributed by atoms with Crippen molar-refractivity contribution in [3.05, 3.63) is 53.1 Å². The molecule has 0 unspecified atom stereocenters. The van der Waals surface area contributed by atoms with E-state index in [-0.39, 0.29) is 17.5 Å². The summed E-state index contributed by atoms with van der Waals surface area (Å²) in [6.45, 7) is 0.402. The Morgan fingerprint density at radius 1 is 1.21 bits per heavy atom. The molecule has 0 aliphatic carbocycles. The summed E-state index contributed by atoms with van der Waals surface area (Å²) in [6, 6.07) is 11.5. The molecule has 2 N–H and O–H groups in total. The number of benzene rings is 2. The third kappa shape index (κ3) is 3.66. The molecule has 2 aromatic rings. The number of amides is 2. The molecular weight excluding hydrogens is 382 g/mol. The van der Waals surface area contributed by atoms with Gasteiger partial charge in [-0.05, 0) is 55.3 Å². The Kier molecular flexibility index (Phi) is 4.92. The number of carbonyl (C=O) groups is 3. The molecule has 0 radical (unpaired) electrons. The summed E-state index contributed by atoms with van der Waals surface area (Å²) in [7, 11) is 0. The Balaban J connectivity index is 1.39. The molecule has 0 aromatic heterocycles. The largest absolute Gasteiger partial charge is 0.452 e. The lowest BCUT2D eigenvalue weighted by atomic mass is 10.1. The summed E-state index contributed by atoms with van der Waals surface area (Å²) in [6.07, 6.45) is 1.79. The van der Waals surface area contributed by atoms with Crippen molar-refractivity contribution in [2.45, 2.75) is 18.9 Å². The van der Waals surface area contributed by atoms with Gasteiger partial charge in [0.15, 0.2) is 6.61 Å². The average Bonchev–Trinajstić information content (AvgIpc) is 3.18. The van der Waals surface area contributed by atoms with E-state index in [4.69, 9.17) is 16.3 Å². The summed E-state index contributed by atoms with van der Waals surface area (Å²) in [5.41, 5.74) is 2.32. The van der Waals surface area contributed by atoms with Crippen LogP contribution >= 0.6 is 11.6 Å². The van der Waals surface area contributed by atoms with Crippen molar-refractivity contribution in [3.8, 4) is 0 Å². The molecule has 0 bridgehead atoms. The fraction of sp³-hybridized carbons (Fsp3) is 0.250. The molecule has 2 amide bonds. The van der Waals surface area contributed by atoms with E-state index in [9.17, 15) is 14.4 Å². The van der Waals surface area contributed by atoms with Crippen LogP contribution in [0.25, 0.3) is 0 Å². The van der Waals surface area contributed by atoms with Crippen LogP contribution in [-0.2, 0) is 14.3 Å². The summed E-state index contributed by atoms with van der Waals surface area (Å²) >= 11 is 5.80. The minimum atomic E-state index is -0.633. The van der Waals surface area contributed by atoms with Gasteiger partial charge >= 0.3 is 5.97 Å². The molecule has 2 aromatic carbocycles. The molecule has 1 atom stereocenters. The Bertz CT molecular complexity index is 945. The number of fused-ring (bicyclic) bond motifs is 3. The number of hydrogen-bond donors (Lipinski definition) is 2. The standard InChI is InChI=1S/C20H18ClN3O4/c21-13-4-6-14(7-5-13)22-18(25)11-28-20(27)12-3-8-16-15(10-12)23-19(26)17-2-1-9-24(16)17/h3-8,10,17H,1-2,9,11H2,(H,22,25)(H,23,26)/t17-/m0/s1. The summed E-state index contributed by atoms with van der Waals surface area (Å²) < 4.78 is 5.09. The van der Waals surface area contributed by atoms with Gasteiger partial charge < -0.3 is 20.3 Å². The number of nitrogens with zero attached hydrogens (tertiary/aromatic N) is 1. The van der Waals surface area contributed by atoms with Crippen LogP contribution in [0.1, 0.15) is 23.2 Å². The summed E-state index contributed by atoms with van der Waals surface area (Å²) in [5.74, 6) is -1.15. The lowest BCUT2D eigenvalue weighted by Crippen LogP contribution is -2.43. The van der Waals surface area contributed by atoms with E-state index in [0.29, 0.717) is 16.4 Å². The minimum absolute atomic E-state index is 0.0575. The van der Waals surface area contributed by atoms with Crippen LogP contribution in [0.15, 0.2) is 42.5 Å². The number of anilines is 3. The Hall–Kier alpha value is -3.06. The Labute approximate surface area is 166 Å². The van der Waals surface area contributed by atoms with E-state index in [2.05, 4.69) is 15.5 Å². The number of halogens is 1. The van der Waals surface area contributed by atoms with Gasteiger partial charge in [-0.3, -0.25) is 9.59 Å². The highest BCUT2D eigenvalue weighted by atomic mass is 35.5. The third-order valence-electron chi connectivity index (χ3n) is 4.82. The molecule has 4 rings (SSSR count). The van der Waals surface area contributed by atoms with Crippen molar-refractivity contribution in [2.75, 3.05) is 28.7 Å². The molecule has 1 saturated heterocycles. The van der Waals surface area contributed by atoms with Gasteiger partial charge in [0.2, 0.25) is 5.91 Å². The minimum Gasteiger partial charge on any atom is -0.452 e. The molecule has 7 nitrogen and oxygen atoms in total. The molecule has 28 heavy (non-hydrogen) atoms. The number of esters is 1. The smallest absolute Gasteiger partial charge is 0.338 e. The van der Waals surface area contributed by atoms with Crippen molar-refractivity contribution in [2.24, 2.45) is 0 Å². The van der Waals surface area contributed by atoms with Gasteiger partial charge in [-0.2, -0.15) is 0 Å². The van der Waals surface area contributed by atoms with Crippen molar-refractivity contribution >= 4 is 46.4 Å². The number of ether oxygens (including phenoxy) is 1. The van der Waals surface area contributed by atoms with Crippen molar-refractivity contribution in [1.82, 2.24) is 0 Å². The van der Waals surface area contributed by atoms with E-state index >= 15 is 0 Å². The first-order valence-electron chi connectivity index (χ1n) is 8.95. The zero-order valence-corrected chi connectivity index (χ0v) is 15.7. The number of nitrogens with one attached hydrogen (secondary N) is 2. The second kappa shape index (κ2) is 7.52. The van der Waals surface area contributed by atoms with Crippen molar-refractivity contribution in [1.29, 1.82) is 0 Å². The maximum atomic E-state index is 12.3. The predicted molar refractivity (Wildman–Crippen MR) is 106 cm³/mol. The first-order valence-corrected chi connectivity index (χ1v) is 9.33. The van der Waals surface area contributed by atoms with Crippen LogP contribution in [0.3, 0.4) is 0 Å². The monoisotopic (exact) mass is 399 g/mol. The maximum absolute atomic E-state index is 12.3. The van der Waals surface area contributed by atoms with Crippen LogP contribution in [0, 0.1) is 0 Å². The first kappa shape index (κ1) is 18.3. The fourth-order valence-electron chi connectivity index (χ4n) is 3.50. The number of hydrogen-bond acceptors (Lipinski definition) is 5. The molecule has 2 aliphatic heterocycles. The molecule has 0 saturated carbocycles. The SMILES string of the molecule is O=C(COC(=O)c1ccc2c(c1)NC(=O)[C@@H]1CCCN21)Nc1ccc(Cl)cc1. The van der Waals surface area contributed by atoms with Crippen LogP contribution in [0.4, 0.5) is 17.1 Å². The number of rotatable bonds is 4. The fourth-order valence-corrected chi connectivity index (χ4v) is 3.63. The highest BCUT2D eigenvalue weighted by molar-refractivity contribution is 6.30. The lowest BCUT2D eigenvalue weighted by Gasteiger charge is -2.33. The molecule has 0 spiro atoms. The van der Waals surface area contributed by atoms with E-state index in [1.54, 1.807) is 42.5 Å². The lowest BCUT2D eigenvalue weighted by molar-refractivity contribution is -0.119. The van der Waals surface area contributed by atoms with Crippen molar-refractivity contribution in [3.63, 3.8) is 0 Å². The van der Waals surface area contributed by atoms with E-state index < -0.39 is 18.5 Å². The van der Waals surface area contributed by atoms with Gasteiger partial charge in [0.05, 0.1) is 16.9 Å². The molecule has 2 heterocycles. The first-order chi connectivity index (χ1) is 13.5. The van der Waals surface area contributed by atoms with Gasteiger partial charge in [0, 0.05) is 17.3 Å². The summed E-state index contributed by atoms with van der Waals surface area (Å²) in [4.78, 5) is 38.5. The zero-order chi connectivity index (χ0) is 19.7. The maximum Gasteiger partial charge on any atom is 0.338 e. The molecule has 144 valence electrons. The third-order valence-corrected chi connectivity index (χ3v) is 5.07. The van der Waals surface area contributed by atoms with Crippen LogP contribution in [-0.4, -0.2) is 37.0 Å². The second-order valence-corrected chi connectivity index (χ2v) is 7.14. The van der Waals surface area contributed by atoms with Gasteiger partial charge in [-0.15, -0.1) is 0 Å². The van der Waals surface area contributed by atoms with Crippen molar-refractivity contribution < 1.29 is 19.1 Å². The Morgan fingerprint density at radius 3 is 2.79 bits per heavy atom. The predicted octanol–water partition coefficient (Wildman–Crippen LogP) is 3.06. The molecule has 1 fully saturated rings. The van der Waals surface area contributed by atoms with Gasteiger partial charge in [0.25, 0.3) is 5.91 Å². The number of carbonyl (C=O) groups excluding carboxylic acids is 3. The highest BCUT2D eigenvalue weighted by Crippen LogP contribution is 2.37. The van der Waals surface area contributed by atoms with Crippen LogP contribution < -0.4 is 15.5 Å².